The number of anilines is 1. The molecule has 31 heavy (non-hydrogen) atoms. The molecule has 3 rings (SSSR count). The molecule has 9 nitrogen and oxygen atoms in total. The van der Waals surface area contributed by atoms with Crippen molar-refractivity contribution in [2.45, 2.75) is 24.2 Å². The van der Waals surface area contributed by atoms with Gasteiger partial charge in [-0.1, -0.05) is 29.0 Å². The Kier molecular flexibility index (Phi) is 6.88. The van der Waals surface area contributed by atoms with Crippen LogP contribution < -0.4 is 19.5 Å². The van der Waals surface area contributed by atoms with Gasteiger partial charge in [0.25, 0.3) is 15.9 Å². The summed E-state index contributed by atoms with van der Waals surface area (Å²) in [5, 5.41) is 10.1. The lowest BCUT2D eigenvalue weighted by Gasteiger charge is -2.17. The molecule has 0 bridgehead atoms. The van der Waals surface area contributed by atoms with Crippen LogP contribution in [0.3, 0.4) is 0 Å². The standard InChI is InChI=1S/C20H22N4O5S2/c1-12-5-7-14(8-6-12)18(25)21-19-22-23-20(30-19)31(26,27)24-13(2)16-11-15(28-3)9-10-17(16)29-4/h5-11,13,24H,1-4H3,(H,21,22,25). The monoisotopic (exact) mass is 462 g/mol. The summed E-state index contributed by atoms with van der Waals surface area (Å²) in [4.78, 5) is 12.3. The third-order valence-corrected chi connectivity index (χ3v) is 7.15. The van der Waals surface area contributed by atoms with Gasteiger partial charge in [0.2, 0.25) is 9.47 Å². The zero-order valence-electron chi connectivity index (χ0n) is 17.4. The van der Waals surface area contributed by atoms with E-state index >= 15 is 0 Å². The van der Waals surface area contributed by atoms with Gasteiger partial charge in [-0.05, 0) is 44.2 Å². The maximum absolute atomic E-state index is 12.8. The van der Waals surface area contributed by atoms with Crippen LogP contribution in [0.2, 0.25) is 0 Å². The smallest absolute Gasteiger partial charge is 0.270 e. The van der Waals surface area contributed by atoms with Gasteiger partial charge in [-0.15, -0.1) is 10.2 Å². The minimum atomic E-state index is -3.99. The number of amides is 1. The lowest BCUT2D eigenvalue weighted by Crippen LogP contribution is -2.27. The van der Waals surface area contributed by atoms with Gasteiger partial charge >= 0.3 is 0 Å². The minimum Gasteiger partial charge on any atom is -0.497 e. The number of methoxy groups -OCH3 is 2. The number of hydrogen-bond acceptors (Lipinski definition) is 8. The van der Waals surface area contributed by atoms with E-state index in [0.29, 0.717) is 22.6 Å². The van der Waals surface area contributed by atoms with Gasteiger partial charge in [0.1, 0.15) is 11.5 Å². The maximum Gasteiger partial charge on any atom is 0.270 e. The van der Waals surface area contributed by atoms with Crippen LogP contribution in [0, 0.1) is 6.92 Å². The Balaban J connectivity index is 1.75. The van der Waals surface area contributed by atoms with Crippen molar-refractivity contribution in [3.63, 3.8) is 0 Å². The van der Waals surface area contributed by atoms with Crippen molar-refractivity contribution in [1.29, 1.82) is 0 Å². The fraction of sp³-hybridized carbons (Fsp3) is 0.250. The molecule has 1 amide bonds. The van der Waals surface area contributed by atoms with E-state index in [1.807, 2.05) is 19.1 Å². The van der Waals surface area contributed by atoms with Crippen LogP contribution >= 0.6 is 11.3 Å². The van der Waals surface area contributed by atoms with Crippen LogP contribution in [0.5, 0.6) is 11.5 Å². The van der Waals surface area contributed by atoms with Gasteiger partial charge in [-0.2, -0.15) is 0 Å². The van der Waals surface area contributed by atoms with Gasteiger partial charge in [-0.25, -0.2) is 13.1 Å². The van der Waals surface area contributed by atoms with Crippen molar-refractivity contribution >= 4 is 32.4 Å². The number of aryl methyl sites for hydroxylation is 1. The fourth-order valence-electron chi connectivity index (χ4n) is 2.77. The Morgan fingerprint density at radius 1 is 1.06 bits per heavy atom. The number of nitrogens with one attached hydrogen (secondary N) is 2. The molecule has 0 spiro atoms. The second-order valence-electron chi connectivity index (χ2n) is 6.64. The number of sulfonamides is 1. The highest BCUT2D eigenvalue weighted by molar-refractivity contribution is 7.91. The summed E-state index contributed by atoms with van der Waals surface area (Å²) in [7, 11) is -0.968. The van der Waals surface area contributed by atoms with E-state index < -0.39 is 22.0 Å². The molecule has 1 unspecified atom stereocenters. The topological polar surface area (TPSA) is 120 Å². The number of ether oxygens (including phenoxy) is 2. The number of rotatable bonds is 8. The molecule has 1 aromatic heterocycles. The Labute approximate surface area is 184 Å². The molecule has 0 fully saturated rings. The Hall–Kier alpha value is -3.02. The van der Waals surface area contributed by atoms with E-state index in [1.165, 1.54) is 14.2 Å². The number of carbonyl (C=O) groups is 1. The van der Waals surface area contributed by atoms with Crippen molar-refractivity contribution in [2.24, 2.45) is 0 Å². The lowest BCUT2D eigenvalue weighted by atomic mass is 10.1. The molecular weight excluding hydrogens is 440 g/mol. The first-order chi connectivity index (χ1) is 14.7. The van der Waals surface area contributed by atoms with Crippen LogP contribution in [0.15, 0.2) is 46.8 Å². The van der Waals surface area contributed by atoms with Crippen LogP contribution in [-0.2, 0) is 10.0 Å². The maximum atomic E-state index is 12.8. The number of aromatic nitrogens is 2. The van der Waals surface area contributed by atoms with Crippen LogP contribution in [-0.4, -0.2) is 38.7 Å². The molecule has 0 aliphatic heterocycles. The molecule has 0 saturated heterocycles. The number of nitrogens with zero attached hydrogens (tertiary/aromatic N) is 2. The first-order valence-electron chi connectivity index (χ1n) is 9.19. The highest BCUT2D eigenvalue weighted by Crippen LogP contribution is 2.30. The summed E-state index contributed by atoms with van der Waals surface area (Å²) >= 11 is 0.760. The van der Waals surface area contributed by atoms with E-state index in [9.17, 15) is 13.2 Å². The van der Waals surface area contributed by atoms with Crippen molar-refractivity contribution in [2.75, 3.05) is 19.5 Å². The second-order valence-corrected chi connectivity index (χ2v) is 9.51. The summed E-state index contributed by atoms with van der Waals surface area (Å²) in [6, 6.07) is 11.4. The fourth-order valence-corrected chi connectivity index (χ4v) is 4.90. The molecule has 2 aromatic carbocycles. The number of hydrogen-bond donors (Lipinski definition) is 2. The summed E-state index contributed by atoms with van der Waals surface area (Å²) in [6.45, 7) is 3.59. The first kappa shape index (κ1) is 22.7. The van der Waals surface area contributed by atoms with Gasteiger partial charge in [0.05, 0.1) is 14.2 Å². The predicted molar refractivity (Wildman–Crippen MR) is 117 cm³/mol. The third kappa shape index (κ3) is 5.37. The Morgan fingerprint density at radius 2 is 1.77 bits per heavy atom. The Morgan fingerprint density at radius 3 is 2.42 bits per heavy atom. The predicted octanol–water partition coefficient (Wildman–Crippen LogP) is 3.16. The Bertz CT molecular complexity index is 1180. The van der Waals surface area contributed by atoms with Gasteiger partial charge in [0.15, 0.2) is 0 Å². The molecule has 0 saturated carbocycles. The molecule has 0 radical (unpaired) electrons. The highest BCUT2D eigenvalue weighted by atomic mass is 32.2. The van der Waals surface area contributed by atoms with Gasteiger partial charge in [0, 0.05) is 17.2 Å². The van der Waals surface area contributed by atoms with Gasteiger partial charge in [-0.3, -0.25) is 10.1 Å². The molecule has 164 valence electrons. The van der Waals surface area contributed by atoms with E-state index in [1.54, 1.807) is 37.3 Å². The highest BCUT2D eigenvalue weighted by Gasteiger charge is 2.25. The lowest BCUT2D eigenvalue weighted by molar-refractivity contribution is 0.102. The van der Waals surface area contributed by atoms with Crippen molar-refractivity contribution < 1.29 is 22.7 Å². The number of carbonyl (C=O) groups excluding carboxylic acids is 1. The molecule has 0 aliphatic rings. The average molecular weight is 463 g/mol. The van der Waals surface area contributed by atoms with E-state index in [0.717, 1.165) is 16.9 Å². The third-order valence-electron chi connectivity index (χ3n) is 4.41. The molecule has 1 heterocycles. The van der Waals surface area contributed by atoms with Crippen LogP contribution in [0.1, 0.15) is 34.5 Å². The van der Waals surface area contributed by atoms with E-state index in [4.69, 9.17) is 9.47 Å². The van der Waals surface area contributed by atoms with Crippen LogP contribution in [0.4, 0.5) is 5.13 Å². The zero-order valence-corrected chi connectivity index (χ0v) is 19.0. The summed E-state index contributed by atoms with van der Waals surface area (Å²) in [5.74, 6) is 0.681. The first-order valence-corrected chi connectivity index (χ1v) is 11.5. The molecular formula is C20H22N4O5S2. The quantitative estimate of drug-likeness (QED) is 0.494. The molecule has 0 aliphatic carbocycles. The van der Waals surface area contributed by atoms with Gasteiger partial charge < -0.3 is 9.47 Å². The summed E-state index contributed by atoms with van der Waals surface area (Å²) in [5.41, 5.74) is 2.05. The molecule has 2 N–H and O–H groups in total. The zero-order chi connectivity index (χ0) is 22.6. The minimum absolute atomic E-state index is 0.0811. The largest absolute Gasteiger partial charge is 0.497 e. The number of benzene rings is 2. The van der Waals surface area contributed by atoms with Crippen molar-refractivity contribution in [1.82, 2.24) is 14.9 Å². The summed E-state index contributed by atoms with van der Waals surface area (Å²) < 4.78 is 38.4. The molecule has 11 heteroatoms. The van der Waals surface area contributed by atoms with E-state index in [2.05, 4.69) is 20.2 Å². The van der Waals surface area contributed by atoms with Crippen LogP contribution in [0.25, 0.3) is 0 Å². The SMILES string of the molecule is COc1ccc(OC)c(C(C)NS(=O)(=O)c2nnc(NC(=O)c3ccc(C)cc3)s2)c1. The summed E-state index contributed by atoms with van der Waals surface area (Å²) in [6.07, 6.45) is 0. The average Bonchev–Trinajstić information content (AvgIpc) is 3.23. The molecule has 1 atom stereocenters. The van der Waals surface area contributed by atoms with Crippen molar-refractivity contribution in [3.05, 3.63) is 59.2 Å². The van der Waals surface area contributed by atoms with E-state index in [-0.39, 0.29) is 9.47 Å². The molecule has 3 aromatic rings. The normalized spacial score (nSPS) is 12.3. The van der Waals surface area contributed by atoms with Crippen molar-refractivity contribution in [3.8, 4) is 11.5 Å². The second kappa shape index (κ2) is 9.41.